The van der Waals surface area contributed by atoms with Gasteiger partial charge in [-0.05, 0) is 43.7 Å². The molecule has 2 aliphatic rings. The highest BCUT2D eigenvalue weighted by Gasteiger charge is 2.31. The minimum atomic E-state index is -4.50. The summed E-state index contributed by atoms with van der Waals surface area (Å²) >= 11 is 0. The summed E-state index contributed by atoms with van der Waals surface area (Å²) in [5.74, 6) is 0.0553. The van der Waals surface area contributed by atoms with Gasteiger partial charge in [0, 0.05) is 81.9 Å². The predicted octanol–water partition coefficient (Wildman–Crippen LogP) is 2.63. The van der Waals surface area contributed by atoms with Gasteiger partial charge < -0.3 is 26.6 Å². The van der Waals surface area contributed by atoms with Crippen molar-refractivity contribution in [1.29, 1.82) is 0 Å². The molecule has 0 unspecified atom stereocenters. The molecule has 7 nitrogen and oxygen atoms in total. The number of nitrogens with one attached hydrogen (secondary N) is 1. The lowest BCUT2D eigenvalue weighted by molar-refractivity contribution is -0.130. The van der Waals surface area contributed by atoms with Gasteiger partial charge in [0.15, 0.2) is 0 Å². The molecule has 0 saturated carbocycles. The number of nitrogens with zero attached hydrogens (tertiary/aromatic N) is 3. The number of nitrogens with two attached hydrogens (primary N) is 2. The fraction of sp³-hybridized carbons (Fsp3) is 0.500. The van der Waals surface area contributed by atoms with Crippen molar-refractivity contribution in [2.24, 2.45) is 11.5 Å². The molecule has 2 heterocycles. The number of carbonyl (C=O) groups excluding carboxylic acids is 1. The maximum atomic E-state index is 12.9. The lowest BCUT2D eigenvalue weighted by Crippen LogP contribution is -2.46. The van der Waals surface area contributed by atoms with Gasteiger partial charge in [0.05, 0.1) is 5.57 Å². The number of hydrogen-bond donors (Lipinski definition) is 3. The topological polar surface area (TPSA) is 90.9 Å². The van der Waals surface area contributed by atoms with E-state index in [9.17, 15) is 18.0 Å². The Morgan fingerprint density at radius 1 is 1.14 bits per heavy atom. The smallest absolute Gasteiger partial charge is 0.402 e. The van der Waals surface area contributed by atoms with Crippen LogP contribution in [0.3, 0.4) is 0 Å². The molecular formula is C26H39F3N6O. The van der Waals surface area contributed by atoms with E-state index in [0.29, 0.717) is 32.5 Å². The summed E-state index contributed by atoms with van der Waals surface area (Å²) in [6, 6.07) is -0.137. The highest BCUT2D eigenvalue weighted by atomic mass is 19.4. The van der Waals surface area contributed by atoms with Crippen LogP contribution in [0, 0.1) is 0 Å². The van der Waals surface area contributed by atoms with Crippen molar-refractivity contribution < 1.29 is 18.0 Å². The molecule has 10 heteroatoms. The average Bonchev–Trinajstić information content (AvgIpc) is 3.30. The van der Waals surface area contributed by atoms with E-state index < -0.39 is 11.7 Å². The number of halogens is 3. The molecule has 1 amide bonds. The van der Waals surface area contributed by atoms with Crippen molar-refractivity contribution in [2.75, 3.05) is 52.4 Å². The van der Waals surface area contributed by atoms with Gasteiger partial charge in [-0.25, -0.2) is 0 Å². The Hall–Kier alpha value is -2.98. The Morgan fingerprint density at radius 2 is 1.83 bits per heavy atom. The van der Waals surface area contributed by atoms with Gasteiger partial charge in [-0.15, -0.1) is 0 Å². The standard InChI is InChI=1S/C26H39F3N6O/c1-4-24(8-7-21(3)31)34-16-14-33(15-17-34)12-10-25(36)35-13-9-23(19-35)32-22(6-5-11-30)18-20(2)26(27,28)29/h4-8,18,23,32H,1-2,9-17,19,30-31H2,3H3/b6-5-,21-7-,22-18+,24-8+/t23-/m1/s1. The molecule has 200 valence electrons. The summed E-state index contributed by atoms with van der Waals surface area (Å²) in [6.07, 6.45) is 6.27. The van der Waals surface area contributed by atoms with Crippen LogP contribution in [0.15, 0.2) is 72.3 Å². The van der Waals surface area contributed by atoms with Crippen LogP contribution in [0.5, 0.6) is 0 Å². The van der Waals surface area contributed by atoms with Gasteiger partial charge in [-0.1, -0.05) is 19.2 Å². The summed E-state index contributed by atoms with van der Waals surface area (Å²) in [7, 11) is 0. The van der Waals surface area contributed by atoms with Crippen LogP contribution in [0.4, 0.5) is 13.2 Å². The minimum absolute atomic E-state index is 0.0553. The molecule has 0 spiro atoms. The Bertz CT molecular complexity index is 894. The highest BCUT2D eigenvalue weighted by Crippen LogP contribution is 2.26. The molecule has 1 atom stereocenters. The first-order chi connectivity index (χ1) is 17.0. The van der Waals surface area contributed by atoms with Gasteiger partial charge >= 0.3 is 6.18 Å². The van der Waals surface area contributed by atoms with E-state index in [-0.39, 0.29) is 24.2 Å². The Morgan fingerprint density at radius 3 is 2.42 bits per heavy atom. The summed E-state index contributed by atoms with van der Waals surface area (Å²) in [4.78, 5) is 19.1. The van der Waals surface area contributed by atoms with E-state index in [1.54, 1.807) is 11.0 Å². The van der Waals surface area contributed by atoms with Crippen LogP contribution in [0.25, 0.3) is 0 Å². The molecule has 0 bridgehead atoms. The largest absolute Gasteiger partial charge is 0.415 e. The van der Waals surface area contributed by atoms with Gasteiger partial charge in [0.2, 0.25) is 5.91 Å². The zero-order valence-electron chi connectivity index (χ0n) is 21.1. The van der Waals surface area contributed by atoms with E-state index in [1.165, 1.54) is 6.08 Å². The number of alkyl halides is 3. The zero-order valence-corrected chi connectivity index (χ0v) is 21.1. The molecule has 5 N–H and O–H groups in total. The molecular weight excluding hydrogens is 469 g/mol. The number of amides is 1. The van der Waals surface area contributed by atoms with Crippen LogP contribution < -0.4 is 16.8 Å². The van der Waals surface area contributed by atoms with E-state index in [0.717, 1.165) is 43.6 Å². The SMILES string of the molecule is C=C/C(=C\C=C(\C)N)N1CCN(CCC(=O)N2CC[C@@H](NC(/C=C\CN)=C/C(=C)C(F)(F)F)C2)CC1. The third-order valence-electron chi connectivity index (χ3n) is 6.14. The minimum Gasteiger partial charge on any atom is -0.402 e. The van der Waals surface area contributed by atoms with Crippen LogP contribution in [0.1, 0.15) is 19.8 Å². The number of rotatable bonds is 11. The molecule has 0 aliphatic carbocycles. The maximum absolute atomic E-state index is 12.9. The molecule has 2 saturated heterocycles. The van der Waals surface area contributed by atoms with E-state index in [1.807, 2.05) is 25.2 Å². The van der Waals surface area contributed by atoms with Crippen LogP contribution in [0.2, 0.25) is 0 Å². The van der Waals surface area contributed by atoms with Gasteiger partial charge in [-0.2, -0.15) is 13.2 Å². The van der Waals surface area contributed by atoms with Gasteiger partial charge in [0.25, 0.3) is 0 Å². The number of carbonyl (C=O) groups is 1. The molecule has 2 rings (SSSR count). The quantitative estimate of drug-likeness (QED) is 0.372. The van der Waals surface area contributed by atoms with E-state index >= 15 is 0 Å². The molecule has 36 heavy (non-hydrogen) atoms. The highest BCUT2D eigenvalue weighted by molar-refractivity contribution is 5.76. The summed E-state index contributed by atoms with van der Waals surface area (Å²) in [6.45, 7) is 14.1. The molecule has 0 aromatic rings. The van der Waals surface area contributed by atoms with E-state index in [4.69, 9.17) is 11.5 Å². The molecule has 0 radical (unpaired) electrons. The van der Waals surface area contributed by atoms with Gasteiger partial charge in [0.1, 0.15) is 0 Å². The van der Waals surface area contributed by atoms with Crippen molar-refractivity contribution >= 4 is 5.91 Å². The number of hydrogen-bond acceptors (Lipinski definition) is 6. The summed E-state index contributed by atoms with van der Waals surface area (Å²) in [5.41, 5.74) is 12.3. The van der Waals surface area contributed by atoms with Crippen LogP contribution >= 0.6 is 0 Å². The lowest BCUT2D eigenvalue weighted by atomic mass is 10.2. The number of piperazine rings is 1. The molecule has 0 aromatic carbocycles. The monoisotopic (exact) mass is 508 g/mol. The van der Waals surface area contributed by atoms with Crippen LogP contribution in [-0.2, 0) is 4.79 Å². The van der Waals surface area contributed by atoms with Crippen molar-refractivity contribution in [1.82, 2.24) is 20.0 Å². The predicted molar refractivity (Wildman–Crippen MR) is 138 cm³/mol. The molecule has 0 aromatic heterocycles. The van der Waals surface area contributed by atoms with Crippen molar-refractivity contribution in [3.05, 3.63) is 72.3 Å². The summed E-state index contributed by atoms with van der Waals surface area (Å²) < 4.78 is 38.7. The van der Waals surface area contributed by atoms with Crippen molar-refractivity contribution in [2.45, 2.75) is 32.0 Å². The first kappa shape index (κ1) is 29.3. The fourth-order valence-corrected chi connectivity index (χ4v) is 4.10. The van der Waals surface area contributed by atoms with E-state index in [2.05, 4.69) is 28.3 Å². The maximum Gasteiger partial charge on any atom is 0.415 e. The average molecular weight is 509 g/mol. The first-order valence-corrected chi connectivity index (χ1v) is 12.2. The van der Waals surface area contributed by atoms with Crippen LogP contribution in [-0.4, -0.2) is 85.2 Å². The first-order valence-electron chi connectivity index (χ1n) is 12.2. The Balaban J connectivity index is 1.82. The fourth-order valence-electron chi connectivity index (χ4n) is 4.10. The lowest BCUT2D eigenvalue weighted by Gasteiger charge is -2.36. The normalized spacial score (nSPS) is 20.8. The van der Waals surface area contributed by atoms with Crippen molar-refractivity contribution in [3.8, 4) is 0 Å². The number of allylic oxidation sites excluding steroid dienone is 7. The third-order valence-corrected chi connectivity index (χ3v) is 6.14. The Kier molecular flexibility index (Phi) is 11.3. The molecule has 2 aliphatic heterocycles. The van der Waals surface area contributed by atoms with Crippen molar-refractivity contribution in [3.63, 3.8) is 0 Å². The second kappa shape index (κ2) is 13.9. The number of likely N-dealkylation sites (tertiary alicyclic amines) is 1. The molecule has 2 fully saturated rings. The second-order valence-electron chi connectivity index (χ2n) is 9.02. The third kappa shape index (κ3) is 9.58. The summed E-state index contributed by atoms with van der Waals surface area (Å²) in [5, 5.41) is 3.11. The zero-order chi connectivity index (χ0) is 26.7. The second-order valence-corrected chi connectivity index (χ2v) is 9.02. The Labute approximate surface area is 212 Å². The van der Waals surface area contributed by atoms with Gasteiger partial charge in [-0.3, -0.25) is 9.69 Å².